The van der Waals surface area contributed by atoms with E-state index in [9.17, 15) is 0 Å². The topological polar surface area (TPSA) is 51.8 Å². The summed E-state index contributed by atoms with van der Waals surface area (Å²) in [5, 5.41) is 4.54. The van der Waals surface area contributed by atoms with Gasteiger partial charge in [0.2, 0.25) is 0 Å². The maximum Gasteiger partial charge on any atom is 0.164 e. The first-order chi connectivity index (χ1) is 26.2. The molecule has 0 amide bonds. The van der Waals surface area contributed by atoms with Gasteiger partial charge in [0.05, 0.1) is 0 Å². The van der Waals surface area contributed by atoms with E-state index in [2.05, 4.69) is 176 Å². The zero-order chi connectivity index (χ0) is 35.1. The molecular formula is C49H31N3O. The fourth-order valence-electron chi connectivity index (χ4n) is 7.17. The van der Waals surface area contributed by atoms with Gasteiger partial charge in [-0.1, -0.05) is 170 Å². The Bertz CT molecular complexity index is 2810. The van der Waals surface area contributed by atoms with E-state index in [1.165, 1.54) is 10.8 Å². The molecule has 53 heavy (non-hydrogen) atoms. The molecule has 0 bridgehead atoms. The molecule has 2 heterocycles. The van der Waals surface area contributed by atoms with Crippen LogP contribution in [0.4, 0.5) is 0 Å². The van der Waals surface area contributed by atoms with Gasteiger partial charge in [-0.25, -0.2) is 15.0 Å². The van der Waals surface area contributed by atoms with Crippen LogP contribution in [-0.4, -0.2) is 15.0 Å². The number of furan rings is 1. The number of hydrogen-bond donors (Lipinski definition) is 0. The Morgan fingerprint density at radius 1 is 0.302 bits per heavy atom. The molecule has 4 heteroatoms. The van der Waals surface area contributed by atoms with Crippen LogP contribution in [0.15, 0.2) is 192 Å². The van der Waals surface area contributed by atoms with Crippen LogP contribution in [-0.2, 0) is 0 Å². The van der Waals surface area contributed by atoms with Crippen molar-refractivity contribution in [3.8, 4) is 67.5 Å². The van der Waals surface area contributed by atoms with Crippen molar-refractivity contribution in [2.45, 2.75) is 0 Å². The third-order valence-corrected chi connectivity index (χ3v) is 9.95. The highest BCUT2D eigenvalue weighted by molar-refractivity contribution is 6.10. The van der Waals surface area contributed by atoms with Crippen molar-refractivity contribution < 1.29 is 4.42 Å². The molecule has 0 N–H and O–H groups in total. The van der Waals surface area contributed by atoms with Gasteiger partial charge < -0.3 is 4.42 Å². The second-order valence-electron chi connectivity index (χ2n) is 13.3. The van der Waals surface area contributed by atoms with E-state index in [0.717, 1.165) is 72.0 Å². The van der Waals surface area contributed by atoms with Gasteiger partial charge >= 0.3 is 0 Å². The third-order valence-electron chi connectivity index (χ3n) is 9.95. The first kappa shape index (κ1) is 30.6. The van der Waals surface area contributed by atoms with Gasteiger partial charge in [-0.05, 0) is 56.8 Å². The minimum absolute atomic E-state index is 0.585. The molecule has 0 radical (unpaired) electrons. The van der Waals surface area contributed by atoms with Crippen molar-refractivity contribution >= 4 is 32.7 Å². The molecule has 2 aromatic heterocycles. The van der Waals surface area contributed by atoms with Crippen molar-refractivity contribution in [2.75, 3.05) is 0 Å². The summed E-state index contributed by atoms with van der Waals surface area (Å²) in [4.78, 5) is 15.1. The number of fused-ring (bicyclic) bond motifs is 4. The van der Waals surface area contributed by atoms with E-state index in [0.29, 0.717) is 17.5 Å². The van der Waals surface area contributed by atoms with Crippen molar-refractivity contribution in [3.63, 3.8) is 0 Å². The molecule has 0 spiro atoms. The lowest BCUT2D eigenvalue weighted by molar-refractivity contribution is 0.670. The molecule has 4 nitrogen and oxygen atoms in total. The molecule has 0 aliphatic carbocycles. The summed E-state index contributed by atoms with van der Waals surface area (Å²) in [5.41, 5.74) is 11.1. The lowest BCUT2D eigenvalue weighted by Crippen LogP contribution is -2.00. The highest BCUT2D eigenvalue weighted by atomic mass is 16.3. The number of benzene rings is 8. The Labute approximate surface area is 306 Å². The summed E-state index contributed by atoms with van der Waals surface area (Å²) >= 11 is 0. The lowest BCUT2D eigenvalue weighted by atomic mass is 9.99. The van der Waals surface area contributed by atoms with E-state index in [1.807, 2.05) is 12.1 Å². The summed E-state index contributed by atoms with van der Waals surface area (Å²) in [6.07, 6.45) is 0. The Morgan fingerprint density at radius 2 is 0.792 bits per heavy atom. The number of nitrogens with zero attached hydrogens (tertiary/aromatic N) is 3. The standard InChI is InChI=1S/C49H31N3O/c1-3-10-32(11-4-1)35-18-23-37(24-19-35)47-50-48(38-25-20-36(21-26-38)33-12-5-2-6-13-33)52-49(51-47)41-28-29-43-44-17-9-16-42(46(44)53-45(43)31-41)40-27-22-34-14-7-8-15-39(34)30-40/h1-31H. The summed E-state index contributed by atoms with van der Waals surface area (Å²) < 4.78 is 6.68. The maximum atomic E-state index is 6.68. The smallest absolute Gasteiger partial charge is 0.164 e. The molecule has 8 aromatic carbocycles. The van der Waals surface area contributed by atoms with Gasteiger partial charge in [0.25, 0.3) is 0 Å². The SMILES string of the molecule is c1ccc(-c2ccc(-c3nc(-c4ccc(-c5ccccc5)cc4)nc(-c4ccc5c(c4)oc4c(-c6ccc7ccccc7c6)cccc45)n3)cc2)cc1. The van der Waals surface area contributed by atoms with Crippen LogP contribution in [0.25, 0.3) is 100 Å². The third kappa shape index (κ3) is 5.73. The van der Waals surface area contributed by atoms with Crippen LogP contribution in [0.5, 0.6) is 0 Å². The normalized spacial score (nSPS) is 11.4. The predicted octanol–water partition coefficient (Wildman–Crippen LogP) is 12.9. The molecule has 0 aliphatic heterocycles. The minimum Gasteiger partial charge on any atom is -0.455 e. The van der Waals surface area contributed by atoms with Crippen molar-refractivity contribution in [1.29, 1.82) is 0 Å². The van der Waals surface area contributed by atoms with Gasteiger partial charge in [-0.3, -0.25) is 0 Å². The highest BCUT2D eigenvalue weighted by Gasteiger charge is 2.17. The second-order valence-corrected chi connectivity index (χ2v) is 13.3. The van der Waals surface area contributed by atoms with Gasteiger partial charge in [0.1, 0.15) is 11.2 Å². The fourth-order valence-corrected chi connectivity index (χ4v) is 7.17. The number of hydrogen-bond acceptors (Lipinski definition) is 4. The second kappa shape index (κ2) is 12.9. The molecule has 0 atom stereocenters. The molecule has 10 aromatic rings. The Hall–Kier alpha value is -7.17. The van der Waals surface area contributed by atoms with Crippen molar-refractivity contribution in [2.24, 2.45) is 0 Å². The van der Waals surface area contributed by atoms with E-state index in [4.69, 9.17) is 19.4 Å². The first-order valence-corrected chi connectivity index (χ1v) is 17.8. The van der Waals surface area contributed by atoms with Gasteiger partial charge in [-0.2, -0.15) is 0 Å². The Kier molecular flexibility index (Phi) is 7.43. The van der Waals surface area contributed by atoms with E-state index in [1.54, 1.807) is 0 Å². The minimum atomic E-state index is 0.585. The van der Waals surface area contributed by atoms with Gasteiger partial charge in [0, 0.05) is 33.0 Å². The summed E-state index contributed by atoms with van der Waals surface area (Å²) in [5.74, 6) is 1.81. The summed E-state index contributed by atoms with van der Waals surface area (Å²) in [6.45, 7) is 0. The molecule has 0 saturated carbocycles. The lowest BCUT2D eigenvalue weighted by Gasteiger charge is -2.10. The van der Waals surface area contributed by atoms with E-state index < -0.39 is 0 Å². The molecular weight excluding hydrogens is 647 g/mol. The van der Waals surface area contributed by atoms with E-state index in [-0.39, 0.29) is 0 Å². The average molecular weight is 678 g/mol. The van der Waals surface area contributed by atoms with Crippen molar-refractivity contribution in [1.82, 2.24) is 15.0 Å². The van der Waals surface area contributed by atoms with Crippen LogP contribution in [0, 0.1) is 0 Å². The molecule has 0 unspecified atom stereocenters. The number of para-hydroxylation sites is 1. The van der Waals surface area contributed by atoms with Crippen LogP contribution in [0.3, 0.4) is 0 Å². The Balaban J connectivity index is 1.08. The largest absolute Gasteiger partial charge is 0.455 e. The summed E-state index contributed by atoms with van der Waals surface area (Å²) in [7, 11) is 0. The van der Waals surface area contributed by atoms with E-state index >= 15 is 0 Å². The zero-order valence-corrected chi connectivity index (χ0v) is 28.6. The summed E-state index contributed by atoms with van der Waals surface area (Å²) in [6, 6.07) is 65.2. The van der Waals surface area contributed by atoms with Gasteiger partial charge in [0.15, 0.2) is 17.5 Å². The maximum absolute atomic E-state index is 6.68. The fraction of sp³-hybridized carbons (Fsp3) is 0. The van der Waals surface area contributed by atoms with Gasteiger partial charge in [-0.15, -0.1) is 0 Å². The molecule has 0 aliphatic rings. The molecule has 0 saturated heterocycles. The zero-order valence-electron chi connectivity index (χ0n) is 28.6. The van der Waals surface area contributed by atoms with Crippen LogP contribution < -0.4 is 0 Å². The average Bonchev–Trinajstić information content (AvgIpc) is 3.62. The highest BCUT2D eigenvalue weighted by Crippen LogP contribution is 2.38. The van der Waals surface area contributed by atoms with Crippen LogP contribution >= 0.6 is 0 Å². The molecule has 0 fully saturated rings. The molecule has 10 rings (SSSR count). The van der Waals surface area contributed by atoms with Crippen LogP contribution in [0.1, 0.15) is 0 Å². The van der Waals surface area contributed by atoms with Crippen LogP contribution in [0.2, 0.25) is 0 Å². The Morgan fingerprint density at radius 3 is 1.42 bits per heavy atom. The molecule has 248 valence electrons. The first-order valence-electron chi connectivity index (χ1n) is 17.8. The number of aromatic nitrogens is 3. The number of rotatable bonds is 6. The van der Waals surface area contributed by atoms with Crippen molar-refractivity contribution in [3.05, 3.63) is 188 Å². The monoisotopic (exact) mass is 677 g/mol. The quantitative estimate of drug-likeness (QED) is 0.176. The predicted molar refractivity (Wildman–Crippen MR) is 217 cm³/mol.